The van der Waals surface area contributed by atoms with Gasteiger partial charge in [-0.2, -0.15) is 0 Å². The molecule has 0 fully saturated rings. The number of carbonyl (C=O) groups excluding carboxylic acids is 2. The Balaban J connectivity index is 1.99. The van der Waals surface area contributed by atoms with Gasteiger partial charge >= 0.3 is 0 Å². The van der Waals surface area contributed by atoms with Gasteiger partial charge in [0, 0.05) is 11.3 Å². The smallest absolute Gasteiger partial charge is 0.251 e. The van der Waals surface area contributed by atoms with Gasteiger partial charge in [0.15, 0.2) is 5.75 Å². The lowest BCUT2D eigenvalue weighted by atomic mass is 10.1. The van der Waals surface area contributed by atoms with Crippen LogP contribution >= 0.6 is 23.2 Å². The summed E-state index contributed by atoms with van der Waals surface area (Å²) in [6, 6.07) is 10.4. The number of para-hydroxylation sites is 1. The highest BCUT2D eigenvalue weighted by Crippen LogP contribution is 2.33. The lowest BCUT2D eigenvalue weighted by Gasteiger charge is -2.11. The summed E-state index contributed by atoms with van der Waals surface area (Å²) >= 11 is 12.0. The molecule has 5 nitrogen and oxygen atoms in total. The molecule has 2 aromatic carbocycles. The molecule has 2 amide bonds. The van der Waals surface area contributed by atoms with Crippen molar-refractivity contribution in [2.45, 2.75) is 13.3 Å². The van der Waals surface area contributed by atoms with Crippen molar-refractivity contribution < 1.29 is 14.3 Å². The minimum Gasteiger partial charge on any atom is -0.494 e. The maximum atomic E-state index is 12.2. The zero-order valence-electron chi connectivity index (χ0n) is 13.9. The van der Waals surface area contributed by atoms with Crippen LogP contribution in [0.2, 0.25) is 10.0 Å². The Bertz CT molecular complexity index is 771. The molecule has 0 saturated carbocycles. The molecule has 0 saturated heterocycles. The quantitative estimate of drug-likeness (QED) is 0.797. The van der Waals surface area contributed by atoms with Crippen molar-refractivity contribution in [2.24, 2.45) is 0 Å². The van der Waals surface area contributed by atoms with Crippen LogP contribution in [0.3, 0.4) is 0 Å². The maximum absolute atomic E-state index is 12.2. The average Bonchev–Trinajstić information content (AvgIpc) is 2.59. The van der Waals surface area contributed by atoms with Crippen molar-refractivity contribution in [1.82, 2.24) is 5.32 Å². The summed E-state index contributed by atoms with van der Waals surface area (Å²) in [4.78, 5) is 24.2. The molecule has 0 bridgehead atoms. The Morgan fingerprint density at radius 3 is 2.36 bits per heavy atom. The van der Waals surface area contributed by atoms with Crippen molar-refractivity contribution in [1.29, 1.82) is 0 Å². The predicted octanol–water partition coefficient (Wildman–Crippen LogP) is 3.93. The Labute approximate surface area is 156 Å². The first-order valence-electron chi connectivity index (χ1n) is 7.65. The van der Waals surface area contributed by atoms with Crippen LogP contribution < -0.4 is 15.4 Å². The van der Waals surface area contributed by atoms with Crippen LogP contribution in [0, 0.1) is 0 Å². The van der Waals surface area contributed by atoms with Gasteiger partial charge in [-0.25, -0.2) is 0 Å². The highest BCUT2D eigenvalue weighted by atomic mass is 35.5. The van der Waals surface area contributed by atoms with E-state index < -0.39 is 5.91 Å². The molecular formula is C18H18Cl2N2O3. The first-order valence-corrected chi connectivity index (χ1v) is 8.40. The fraction of sp³-hybridized carbons (Fsp3) is 0.222. The minimum absolute atomic E-state index is 0.169. The molecule has 0 unspecified atom stereocenters. The highest BCUT2D eigenvalue weighted by molar-refractivity contribution is 6.37. The third kappa shape index (κ3) is 4.87. The standard InChI is InChI=1S/C18H18Cl2N2O3/c1-3-11-6-4-5-7-15(11)22-16(23)10-21-18(24)12-8-13(19)17(25-2)14(20)9-12/h4-9H,3,10H2,1-2H3,(H,21,24)(H,22,23). The molecule has 0 spiro atoms. The van der Waals surface area contributed by atoms with Crippen LogP contribution in [0.4, 0.5) is 5.69 Å². The van der Waals surface area contributed by atoms with Gasteiger partial charge in [-0.15, -0.1) is 0 Å². The fourth-order valence-electron chi connectivity index (χ4n) is 2.29. The van der Waals surface area contributed by atoms with E-state index in [0.29, 0.717) is 5.75 Å². The van der Waals surface area contributed by atoms with E-state index in [1.165, 1.54) is 19.2 Å². The molecule has 7 heteroatoms. The third-order valence-electron chi connectivity index (χ3n) is 3.55. The molecule has 0 aliphatic heterocycles. The molecule has 0 radical (unpaired) electrons. The van der Waals surface area contributed by atoms with Crippen LogP contribution in [0.25, 0.3) is 0 Å². The third-order valence-corrected chi connectivity index (χ3v) is 4.11. The van der Waals surface area contributed by atoms with Crippen LogP contribution in [-0.2, 0) is 11.2 Å². The molecule has 0 heterocycles. The van der Waals surface area contributed by atoms with E-state index >= 15 is 0 Å². The van der Waals surface area contributed by atoms with E-state index in [1.54, 1.807) is 0 Å². The van der Waals surface area contributed by atoms with Gasteiger partial charge in [0.25, 0.3) is 5.91 Å². The second-order valence-corrected chi connectivity index (χ2v) is 6.03. The van der Waals surface area contributed by atoms with Crippen molar-refractivity contribution in [3.8, 4) is 5.75 Å². The molecule has 132 valence electrons. The van der Waals surface area contributed by atoms with E-state index in [1.807, 2.05) is 31.2 Å². The Morgan fingerprint density at radius 1 is 1.12 bits per heavy atom. The number of hydrogen-bond donors (Lipinski definition) is 2. The number of nitrogens with one attached hydrogen (secondary N) is 2. The monoisotopic (exact) mass is 380 g/mol. The summed E-state index contributed by atoms with van der Waals surface area (Å²) in [5, 5.41) is 5.77. The minimum atomic E-state index is -0.453. The van der Waals surface area contributed by atoms with Gasteiger partial charge in [-0.05, 0) is 30.2 Å². The average molecular weight is 381 g/mol. The molecule has 25 heavy (non-hydrogen) atoms. The van der Waals surface area contributed by atoms with Crippen molar-refractivity contribution in [3.05, 3.63) is 57.6 Å². The molecule has 2 rings (SSSR count). The van der Waals surface area contributed by atoms with Gasteiger partial charge < -0.3 is 15.4 Å². The van der Waals surface area contributed by atoms with E-state index in [-0.39, 0.29) is 28.1 Å². The summed E-state index contributed by atoms with van der Waals surface area (Å²) in [6.45, 7) is 1.84. The number of rotatable bonds is 6. The summed E-state index contributed by atoms with van der Waals surface area (Å²) < 4.78 is 5.04. The normalized spacial score (nSPS) is 10.2. The Morgan fingerprint density at radius 2 is 1.76 bits per heavy atom. The number of carbonyl (C=O) groups is 2. The SMILES string of the molecule is CCc1ccccc1NC(=O)CNC(=O)c1cc(Cl)c(OC)c(Cl)c1. The zero-order valence-corrected chi connectivity index (χ0v) is 15.4. The maximum Gasteiger partial charge on any atom is 0.251 e. The fourth-order valence-corrected chi connectivity index (χ4v) is 2.93. The number of amides is 2. The summed E-state index contributed by atoms with van der Waals surface area (Å²) in [5.41, 5.74) is 2.01. The molecular weight excluding hydrogens is 363 g/mol. The van der Waals surface area contributed by atoms with E-state index in [4.69, 9.17) is 27.9 Å². The molecule has 2 N–H and O–H groups in total. The van der Waals surface area contributed by atoms with Crippen LogP contribution in [-0.4, -0.2) is 25.5 Å². The number of aryl methyl sites for hydroxylation is 1. The van der Waals surface area contributed by atoms with Crippen molar-refractivity contribution >= 4 is 40.7 Å². The number of benzene rings is 2. The highest BCUT2D eigenvalue weighted by Gasteiger charge is 2.14. The van der Waals surface area contributed by atoms with Gasteiger partial charge in [0.1, 0.15) is 0 Å². The first kappa shape index (κ1) is 19.1. The predicted molar refractivity (Wildman–Crippen MR) is 99.8 cm³/mol. The Hall–Kier alpha value is -2.24. The number of hydrogen-bond acceptors (Lipinski definition) is 3. The second kappa shape index (κ2) is 8.74. The van der Waals surface area contributed by atoms with Crippen LogP contribution in [0.5, 0.6) is 5.75 Å². The molecule has 0 atom stereocenters. The van der Waals surface area contributed by atoms with Gasteiger partial charge in [-0.1, -0.05) is 48.3 Å². The summed E-state index contributed by atoms with van der Waals surface area (Å²) in [7, 11) is 1.44. The number of halogens is 2. The molecule has 0 aliphatic rings. The van der Waals surface area contributed by atoms with Gasteiger partial charge in [0.05, 0.1) is 23.7 Å². The molecule has 0 aromatic heterocycles. The lowest BCUT2D eigenvalue weighted by molar-refractivity contribution is -0.115. The van der Waals surface area contributed by atoms with Gasteiger partial charge in [0.2, 0.25) is 5.91 Å². The van der Waals surface area contributed by atoms with E-state index in [9.17, 15) is 9.59 Å². The Kier molecular flexibility index (Phi) is 6.67. The lowest BCUT2D eigenvalue weighted by Crippen LogP contribution is -2.33. The zero-order chi connectivity index (χ0) is 18.4. The van der Waals surface area contributed by atoms with E-state index in [2.05, 4.69) is 10.6 Å². The molecule has 0 aliphatic carbocycles. The summed E-state index contributed by atoms with van der Waals surface area (Å²) in [5.74, 6) is -0.473. The van der Waals surface area contributed by atoms with Crippen LogP contribution in [0.1, 0.15) is 22.8 Å². The number of ether oxygens (including phenoxy) is 1. The van der Waals surface area contributed by atoms with E-state index in [0.717, 1.165) is 17.7 Å². The first-order chi connectivity index (χ1) is 12.0. The van der Waals surface area contributed by atoms with Crippen molar-refractivity contribution in [3.63, 3.8) is 0 Å². The molecule has 2 aromatic rings. The number of methoxy groups -OCH3 is 1. The summed E-state index contributed by atoms with van der Waals surface area (Å²) in [6.07, 6.45) is 0.797. The second-order valence-electron chi connectivity index (χ2n) is 5.21. The van der Waals surface area contributed by atoms with Crippen LogP contribution in [0.15, 0.2) is 36.4 Å². The topological polar surface area (TPSA) is 67.4 Å². The van der Waals surface area contributed by atoms with Gasteiger partial charge in [-0.3, -0.25) is 9.59 Å². The largest absolute Gasteiger partial charge is 0.494 e. The number of anilines is 1. The van der Waals surface area contributed by atoms with Crippen molar-refractivity contribution in [2.75, 3.05) is 19.0 Å².